The first-order valence-electron chi connectivity index (χ1n) is 5.21. The Morgan fingerprint density at radius 3 is 2.80 bits per heavy atom. The molecule has 80 valence electrons. The van der Waals surface area contributed by atoms with Crippen LogP contribution in [0.25, 0.3) is 0 Å². The van der Waals surface area contributed by atoms with Gasteiger partial charge < -0.3 is 10.6 Å². The topological polar surface area (TPSA) is 54.0 Å². The second-order valence-electron chi connectivity index (χ2n) is 3.96. The Balaban J connectivity index is 2.55. The Labute approximate surface area is 89.1 Å². The number of pyridine rings is 1. The van der Waals surface area contributed by atoms with Gasteiger partial charge in [0.05, 0.1) is 5.56 Å². The molecular formula is C11H15N3O. The summed E-state index contributed by atoms with van der Waals surface area (Å²) in [4.78, 5) is 16.0. The van der Waals surface area contributed by atoms with Crippen LogP contribution in [0.15, 0.2) is 12.3 Å². The number of hydrogen-bond donors (Lipinski definition) is 2. The first-order chi connectivity index (χ1) is 7.20. The number of amides is 1. The maximum Gasteiger partial charge on any atom is 0.255 e. The summed E-state index contributed by atoms with van der Waals surface area (Å²) in [5.41, 5.74) is 1.75. The van der Waals surface area contributed by atoms with Crippen molar-refractivity contribution in [2.24, 2.45) is 0 Å². The lowest BCUT2D eigenvalue weighted by molar-refractivity contribution is 0.0956. The fourth-order valence-electron chi connectivity index (χ4n) is 1.78. The molecule has 0 unspecified atom stereocenters. The molecule has 1 aromatic heterocycles. The van der Waals surface area contributed by atoms with E-state index in [2.05, 4.69) is 29.5 Å². The number of carbonyl (C=O) groups excluding carboxylic acids is 1. The van der Waals surface area contributed by atoms with Crippen LogP contribution in [-0.2, 0) is 0 Å². The lowest BCUT2D eigenvalue weighted by Gasteiger charge is -2.12. The quantitative estimate of drug-likeness (QED) is 0.728. The summed E-state index contributed by atoms with van der Waals surface area (Å²) in [6.45, 7) is 5.53. The van der Waals surface area contributed by atoms with Gasteiger partial charge in [-0.3, -0.25) is 4.79 Å². The van der Waals surface area contributed by atoms with Crippen molar-refractivity contribution in [2.75, 3.05) is 18.4 Å². The third-order valence-electron chi connectivity index (χ3n) is 2.54. The molecule has 2 rings (SSSR count). The van der Waals surface area contributed by atoms with Gasteiger partial charge in [0.2, 0.25) is 0 Å². The van der Waals surface area contributed by atoms with Crippen molar-refractivity contribution in [3.8, 4) is 0 Å². The molecule has 15 heavy (non-hydrogen) atoms. The van der Waals surface area contributed by atoms with E-state index in [9.17, 15) is 4.79 Å². The molecule has 1 aliphatic rings. The molecule has 1 aromatic rings. The van der Waals surface area contributed by atoms with Crippen molar-refractivity contribution < 1.29 is 4.79 Å². The maximum absolute atomic E-state index is 11.8. The number of nitrogens with zero attached hydrogens (tertiary/aromatic N) is 1. The van der Waals surface area contributed by atoms with Crippen molar-refractivity contribution in [3.05, 3.63) is 23.4 Å². The molecule has 0 aliphatic carbocycles. The summed E-state index contributed by atoms with van der Waals surface area (Å²) in [7, 11) is 0. The molecule has 0 saturated heterocycles. The highest BCUT2D eigenvalue weighted by Gasteiger charge is 2.20. The summed E-state index contributed by atoms with van der Waals surface area (Å²) in [6.07, 6.45) is 1.75. The maximum atomic E-state index is 11.8. The molecule has 2 N–H and O–H groups in total. The fraction of sp³-hybridized carbons (Fsp3) is 0.455. The van der Waals surface area contributed by atoms with E-state index in [0.29, 0.717) is 23.8 Å². The van der Waals surface area contributed by atoms with E-state index in [-0.39, 0.29) is 5.91 Å². The molecule has 0 aromatic carbocycles. The molecule has 0 fully saturated rings. The smallest absolute Gasteiger partial charge is 0.255 e. The highest BCUT2D eigenvalue weighted by Crippen LogP contribution is 2.24. The lowest BCUT2D eigenvalue weighted by Crippen LogP contribution is -2.25. The van der Waals surface area contributed by atoms with Crippen LogP contribution in [0.3, 0.4) is 0 Å². The van der Waals surface area contributed by atoms with Gasteiger partial charge in [-0.05, 0) is 17.5 Å². The minimum absolute atomic E-state index is 0.0215. The third kappa shape index (κ3) is 1.79. The minimum Gasteiger partial charge on any atom is -0.368 e. The van der Waals surface area contributed by atoms with Crippen molar-refractivity contribution in [2.45, 2.75) is 19.8 Å². The number of rotatable bonds is 1. The molecular weight excluding hydrogens is 190 g/mol. The number of carbonyl (C=O) groups is 1. The van der Waals surface area contributed by atoms with E-state index in [1.54, 1.807) is 6.20 Å². The first-order valence-corrected chi connectivity index (χ1v) is 5.21. The Kier molecular flexibility index (Phi) is 2.58. The molecule has 1 aliphatic heterocycles. The summed E-state index contributed by atoms with van der Waals surface area (Å²) in [6, 6.07) is 1.91. The van der Waals surface area contributed by atoms with E-state index < -0.39 is 0 Å². The van der Waals surface area contributed by atoms with Crippen LogP contribution in [0.4, 0.5) is 5.82 Å². The van der Waals surface area contributed by atoms with Gasteiger partial charge in [0.1, 0.15) is 5.82 Å². The highest BCUT2D eigenvalue weighted by atomic mass is 16.1. The number of hydrogen-bond acceptors (Lipinski definition) is 3. The van der Waals surface area contributed by atoms with Gasteiger partial charge >= 0.3 is 0 Å². The summed E-state index contributed by atoms with van der Waals surface area (Å²) >= 11 is 0. The second kappa shape index (κ2) is 3.88. The molecule has 2 heterocycles. The predicted molar refractivity (Wildman–Crippen MR) is 59.1 cm³/mol. The van der Waals surface area contributed by atoms with Crippen molar-refractivity contribution in [3.63, 3.8) is 0 Å². The van der Waals surface area contributed by atoms with Gasteiger partial charge in [-0.1, -0.05) is 13.8 Å². The molecule has 1 amide bonds. The van der Waals surface area contributed by atoms with Gasteiger partial charge in [0, 0.05) is 19.3 Å². The van der Waals surface area contributed by atoms with Crippen LogP contribution in [0.5, 0.6) is 0 Å². The number of fused-ring (bicyclic) bond motifs is 1. The number of aromatic nitrogens is 1. The molecule has 0 radical (unpaired) electrons. The molecule has 0 spiro atoms. The van der Waals surface area contributed by atoms with Crippen LogP contribution in [0, 0.1) is 0 Å². The average Bonchev–Trinajstić information content (AvgIpc) is 2.40. The number of nitrogens with one attached hydrogen (secondary N) is 2. The zero-order valence-corrected chi connectivity index (χ0v) is 9.00. The second-order valence-corrected chi connectivity index (χ2v) is 3.96. The minimum atomic E-state index is -0.0215. The Morgan fingerprint density at radius 1 is 1.33 bits per heavy atom. The van der Waals surface area contributed by atoms with Crippen LogP contribution in [0.2, 0.25) is 0 Å². The summed E-state index contributed by atoms with van der Waals surface area (Å²) in [5.74, 6) is 1.01. The van der Waals surface area contributed by atoms with Crippen LogP contribution in [-0.4, -0.2) is 24.0 Å². The van der Waals surface area contributed by atoms with E-state index in [4.69, 9.17) is 0 Å². The van der Waals surface area contributed by atoms with Gasteiger partial charge in [-0.15, -0.1) is 0 Å². The summed E-state index contributed by atoms with van der Waals surface area (Å²) in [5, 5.41) is 6.01. The fourth-order valence-corrected chi connectivity index (χ4v) is 1.78. The zero-order valence-electron chi connectivity index (χ0n) is 9.00. The lowest BCUT2D eigenvalue weighted by atomic mass is 9.98. The van der Waals surface area contributed by atoms with E-state index in [0.717, 1.165) is 12.1 Å². The number of anilines is 1. The largest absolute Gasteiger partial charge is 0.368 e. The zero-order chi connectivity index (χ0) is 10.8. The normalized spacial score (nSPS) is 15.3. The van der Waals surface area contributed by atoms with Crippen molar-refractivity contribution >= 4 is 11.7 Å². The molecule has 0 atom stereocenters. The monoisotopic (exact) mass is 205 g/mol. The standard InChI is InChI=1S/C11H15N3O/c1-7(2)8-3-4-12-10-9(8)11(15)14-6-5-13-10/h3-4,7H,5-6H2,1-2H3,(H,12,13)(H,14,15). The molecule has 0 saturated carbocycles. The first kappa shape index (κ1) is 9.96. The van der Waals surface area contributed by atoms with Gasteiger partial charge in [0.15, 0.2) is 0 Å². The highest BCUT2D eigenvalue weighted by molar-refractivity contribution is 6.00. The third-order valence-corrected chi connectivity index (χ3v) is 2.54. The van der Waals surface area contributed by atoms with Gasteiger partial charge in [-0.2, -0.15) is 0 Å². The van der Waals surface area contributed by atoms with Gasteiger partial charge in [0.25, 0.3) is 5.91 Å². The average molecular weight is 205 g/mol. The molecule has 4 heteroatoms. The Bertz CT molecular complexity index is 387. The van der Waals surface area contributed by atoms with Crippen molar-refractivity contribution in [1.29, 1.82) is 0 Å². The van der Waals surface area contributed by atoms with Crippen LogP contribution in [0.1, 0.15) is 35.7 Å². The molecule has 4 nitrogen and oxygen atoms in total. The van der Waals surface area contributed by atoms with E-state index in [1.165, 1.54) is 0 Å². The van der Waals surface area contributed by atoms with Crippen LogP contribution < -0.4 is 10.6 Å². The predicted octanol–water partition coefficient (Wildman–Crippen LogP) is 1.36. The van der Waals surface area contributed by atoms with Crippen LogP contribution >= 0.6 is 0 Å². The summed E-state index contributed by atoms with van der Waals surface area (Å²) < 4.78 is 0. The Hall–Kier alpha value is -1.58. The SMILES string of the molecule is CC(C)c1ccnc2c1C(=O)NCCN2. The van der Waals surface area contributed by atoms with Crippen molar-refractivity contribution in [1.82, 2.24) is 10.3 Å². The Morgan fingerprint density at radius 2 is 2.07 bits per heavy atom. The van der Waals surface area contributed by atoms with E-state index in [1.807, 2.05) is 6.07 Å². The molecule has 0 bridgehead atoms. The van der Waals surface area contributed by atoms with E-state index >= 15 is 0 Å². The van der Waals surface area contributed by atoms with Gasteiger partial charge in [-0.25, -0.2) is 4.98 Å².